The number of carbonyl (C=O) groups is 1. The molecule has 1 aromatic heterocycles. The van der Waals surface area contributed by atoms with E-state index in [2.05, 4.69) is 42.3 Å². The first-order valence-corrected chi connectivity index (χ1v) is 9.83. The Labute approximate surface area is 148 Å². The molecule has 1 aromatic carbocycles. The van der Waals surface area contributed by atoms with Crippen molar-refractivity contribution in [1.29, 1.82) is 0 Å². The lowest BCUT2D eigenvalue weighted by molar-refractivity contribution is -0.116. The molecule has 1 aliphatic rings. The summed E-state index contributed by atoms with van der Waals surface area (Å²) in [5.74, 6) is 0.841. The number of aryl methyl sites for hydroxylation is 2. The summed E-state index contributed by atoms with van der Waals surface area (Å²) in [6.45, 7) is 4.19. The van der Waals surface area contributed by atoms with Gasteiger partial charge < -0.3 is 5.32 Å². The van der Waals surface area contributed by atoms with Crippen LogP contribution < -0.4 is 5.32 Å². The van der Waals surface area contributed by atoms with Crippen molar-refractivity contribution >= 4 is 22.4 Å². The monoisotopic (exact) mass is 342 g/mol. The zero-order valence-corrected chi connectivity index (χ0v) is 15.4. The van der Waals surface area contributed by atoms with Gasteiger partial charge in [-0.2, -0.15) is 0 Å². The lowest BCUT2D eigenvalue weighted by atomic mass is 9.86. The van der Waals surface area contributed by atoms with Crippen LogP contribution in [0.15, 0.2) is 23.6 Å². The third-order valence-corrected chi connectivity index (χ3v) is 5.67. The SMILES string of the molecule is Cc1ccc(-c2csc(NC(=O)CCC3CCCCC3)n2)c(C)c1. The fourth-order valence-corrected chi connectivity index (χ4v) is 4.28. The maximum atomic E-state index is 12.2. The summed E-state index contributed by atoms with van der Waals surface area (Å²) < 4.78 is 0. The number of carbonyl (C=O) groups excluding carboxylic acids is 1. The number of amides is 1. The lowest BCUT2D eigenvalue weighted by Gasteiger charge is -2.20. The number of nitrogens with one attached hydrogen (secondary N) is 1. The van der Waals surface area contributed by atoms with Crippen LogP contribution in [0.3, 0.4) is 0 Å². The topological polar surface area (TPSA) is 42.0 Å². The summed E-state index contributed by atoms with van der Waals surface area (Å²) in [6.07, 6.45) is 8.24. The Morgan fingerprint density at radius 3 is 2.79 bits per heavy atom. The molecule has 3 nitrogen and oxygen atoms in total. The van der Waals surface area contributed by atoms with Crippen molar-refractivity contribution in [3.63, 3.8) is 0 Å². The molecule has 1 aliphatic carbocycles. The Kier molecular flexibility index (Phi) is 5.67. The van der Waals surface area contributed by atoms with E-state index in [9.17, 15) is 4.79 Å². The average Bonchev–Trinajstić information content (AvgIpc) is 3.02. The summed E-state index contributed by atoms with van der Waals surface area (Å²) in [6, 6.07) is 6.37. The van der Waals surface area contributed by atoms with Gasteiger partial charge in [0.1, 0.15) is 0 Å². The predicted molar refractivity (Wildman–Crippen MR) is 101 cm³/mol. The van der Waals surface area contributed by atoms with Gasteiger partial charge in [0, 0.05) is 17.4 Å². The second kappa shape index (κ2) is 7.93. The molecule has 1 heterocycles. The Morgan fingerprint density at radius 2 is 2.04 bits per heavy atom. The van der Waals surface area contributed by atoms with Crippen LogP contribution in [-0.4, -0.2) is 10.9 Å². The van der Waals surface area contributed by atoms with Gasteiger partial charge in [0.05, 0.1) is 5.69 Å². The van der Waals surface area contributed by atoms with Gasteiger partial charge >= 0.3 is 0 Å². The molecule has 0 spiro atoms. The Bertz CT molecular complexity index is 701. The van der Waals surface area contributed by atoms with Gasteiger partial charge in [0.2, 0.25) is 5.91 Å². The van der Waals surface area contributed by atoms with Crippen molar-refractivity contribution in [2.75, 3.05) is 5.32 Å². The highest BCUT2D eigenvalue weighted by molar-refractivity contribution is 7.14. The minimum Gasteiger partial charge on any atom is -0.302 e. The molecule has 24 heavy (non-hydrogen) atoms. The summed E-state index contributed by atoms with van der Waals surface area (Å²) in [7, 11) is 0. The van der Waals surface area contributed by atoms with Crippen LogP contribution in [-0.2, 0) is 4.79 Å². The number of benzene rings is 1. The van der Waals surface area contributed by atoms with Gasteiger partial charge in [0.15, 0.2) is 5.13 Å². The third-order valence-electron chi connectivity index (χ3n) is 4.91. The van der Waals surface area contributed by atoms with Crippen LogP contribution in [0, 0.1) is 19.8 Å². The molecule has 1 amide bonds. The van der Waals surface area contributed by atoms with Crippen LogP contribution in [0.1, 0.15) is 56.1 Å². The van der Waals surface area contributed by atoms with Gasteiger partial charge in [-0.3, -0.25) is 4.79 Å². The number of thiazole rings is 1. The highest BCUT2D eigenvalue weighted by Crippen LogP contribution is 2.29. The van der Waals surface area contributed by atoms with E-state index in [1.807, 2.05) is 5.38 Å². The summed E-state index contributed by atoms with van der Waals surface area (Å²) in [5.41, 5.74) is 4.55. The number of rotatable bonds is 5. The van der Waals surface area contributed by atoms with E-state index in [-0.39, 0.29) is 5.91 Å². The lowest BCUT2D eigenvalue weighted by Crippen LogP contribution is -2.14. The molecule has 4 heteroatoms. The van der Waals surface area contributed by atoms with Crippen molar-refractivity contribution in [3.05, 3.63) is 34.7 Å². The van der Waals surface area contributed by atoms with Gasteiger partial charge in [-0.25, -0.2) is 4.98 Å². The maximum Gasteiger partial charge on any atom is 0.226 e. The first-order valence-electron chi connectivity index (χ1n) is 8.95. The van der Waals surface area contributed by atoms with Crippen molar-refractivity contribution in [2.24, 2.45) is 5.92 Å². The molecule has 2 aromatic rings. The number of anilines is 1. The molecule has 0 saturated heterocycles. The second-order valence-electron chi connectivity index (χ2n) is 6.95. The molecule has 1 fully saturated rings. The Balaban J connectivity index is 1.56. The zero-order valence-electron chi connectivity index (χ0n) is 14.6. The van der Waals surface area contributed by atoms with Gasteiger partial charge in [-0.15, -0.1) is 11.3 Å². The standard InChI is InChI=1S/C20H26N2OS/c1-14-8-10-17(15(2)12-14)18-13-24-20(21-18)22-19(23)11-9-16-6-4-3-5-7-16/h8,10,12-13,16H,3-7,9,11H2,1-2H3,(H,21,22,23). The number of hydrogen-bond acceptors (Lipinski definition) is 3. The van der Waals surface area contributed by atoms with Crippen LogP contribution in [0.25, 0.3) is 11.3 Å². The number of nitrogens with zero attached hydrogens (tertiary/aromatic N) is 1. The number of hydrogen-bond donors (Lipinski definition) is 1. The van der Waals surface area contributed by atoms with Crippen LogP contribution in [0.2, 0.25) is 0 Å². The van der Waals surface area contributed by atoms with Crippen LogP contribution in [0.4, 0.5) is 5.13 Å². The summed E-state index contributed by atoms with van der Waals surface area (Å²) in [5, 5.41) is 5.70. The highest BCUT2D eigenvalue weighted by Gasteiger charge is 2.15. The molecule has 1 N–H and O–H groups in total. The van der Waals surface area contributed by atoms with E-state index >= 15 is 0 Å². The quantitative estimate of drug-likeness (QED) is 0.754. The smallest absolute Gasteiger partial charge is 0.226 e. The predicted octanol–water partition coefficient (Wildman–Crippen LogP) is 5.73. The molecule has 3 rings (SSSR count). The summed E-state index contributed by atoms with van der Waals surface area (Å²) in [4.78, 5) is 16.8. The molecular weight excluding hydrogens is 316 g/mol. The Hall–Kier alpha value is -1.68. The van der Waals surface area contributed by atoms with Gasteiger partial charge in [-0.1, -0.05) is 55.9 Å². The van der Waals surface area contributed by atoms with E-state index in [1.165, 1.54) is 54.6 Å². The van der Waals surface area contributed by atoms with E-state index in [1.54, 1.807) is 0 Å². The molecule has 0 unspecified atom stereocenters. The maximum absolute atomic E-state index is 12.2. The first kappa shape index (κ1) is 17.2. The van der Waals surface area contributed by atoms with E-state index < -0.39 is 0 Å². The average molecular weight is 343 g/mol. The fraction of sp³-hybridized carbons (Fsp3) is 0.500. The first-order chi connectivity index (χ1) is 11.6. The van der Waals surface area contributed by atoms with Crippen molar-refractivity contribution in [1.82, 2.24) is 4.98 Å². The van der Waals surface area contributed by atoms with Crippen molar-refractivity contribution in [2.45, 2.75) is 58.8 Å². The van der Waals surface area contributed by atoms with Crippen molar-refractivity contribution < 1.29 is 4.79 Å². The largest absolute Gasteiger partial charge is 0.302 e. The van der Waals surface area contributed by atoms with Crippen molar-refractivity contribution in [3.8, 4) is 11.3 Å². The molecule has 0 atom stereocenters. The van der Waals surface area contributed by atoms with E-state index in [0.717, 1.165) is 23.6 Å². The highest BCUT2D eigenvalue weighted by atomic mass is 32.1. The minimum atomic E-state index is 0.0992. The van der Waals surface area contributed by atoms with Gasteiger partial charge in [-0.05, 0) is 31.7 Å². The minimum absolute atomic E-state index is 0.0992. The molecule has 0 aliphatic heterocycles. The van der Waals surface area contributed by atoms with Gasteiger partial charge in [0.25, 0.3) is 0 Å². The molecule has 0 radical (unpaired) electrons. The van der Waals surface area contributed by atoms with E-state index in [4.69, 9.17) is 0 Å². The molecule has 0 bridgehead atoms. The van der Waals surface area contributed by atoms with Crippen LogP contribution in [0.5, 0.6) is 0 Å². The second-order valence-corrected chi connectivity index (χ2v) is 7.81. The zero-order chi connectivity index (χ0) is 16.9. The molecule has 128 valence electrons. The summed E-state index contributed by atoms with van der Waals surface area (Å²) >= 11 is 1.50. The Morgan fingerprint density at radius 1 is 1.25 bits per heavy atom. The fourth-order valence-electron chi connectivity index (χ4n) is 3.55. The third kappa shape index (κ3) is 4.44. The van der Waals surface area contributed by atoms with Crippen LogP contribution >= 0.6 is 11.3 Å². The van der Waals surface area contributed by atoms with E-state index in [0.29, 0.717) is 11.6 Å². The molecule has 1 saturated carbocycles. The normalized spacial score (nSPS) is 15.4. The molecular formula is C20H26N2OS. The number of aromatic nitrogens is 1.